The van der Waals surface area contributed by atoms with Gasteiger partial charge in [0.2, 0.25) is 0 Å². The van der Waals surface area contributed by atoms with Crippen molar-refractivity contribution < 1.29 is 5.11 Å². The SMILES string of the molecule is OCC[C@@H](Nc1ccnc(Cc2ccccc2)n1)c1ccccc1. The standard InChI is InChI=1S/C20H21N3O/c24-14-12-18(17-9-5-2-6-10-17)22-19-11-13-21-20(23-19)15-16-7-3-1-4-8-16/h1-11,13,18,24H,12,14-15H2,(H,21,22,23)/t18-/m1/s1. The summed E-state index contributed by atoms with van der Waals surface area (Å²) in [6.45, 7) is 0.120. The van der Waals surface area contributed by atoms with E-state index in [0.29, 0.717) is 12.8 Å². The van der Waals surface area contributed by atoms with Gasteiger partial charge in [-0.15, -0.1) is 0 Å². The number of rotatable bonds is 7. The molecular weight excluding hydrogens is 298 g/mol. The molecule has 0 unspecified atom stereocenters. The molecule has 0 radical (unpaired) electrons. The van der Waals surface area contributed by atoms with Crippen LogP contribution in [0.5, 0.6) is 0 Å². The van der Waals surface area contributed by atoms with Crippen molar-refractivity contribution >= 4 is 5.82 Å². The van der Waals surface area contributed by atoms with Gasteiger partial charge in [-0.25, -0.2) is 9.97 Å². The number of nitrogens with one attached hydrogen (secondary N) is 1. The van der Waals surface area contributed by atoms with Gasteiger partial charge in [-0.1, -0.05) is 60.7 Å². The molecule has 0 bridgehead atoms. The zero-order chi connectivity index (χ0) is 16.6. The number of aliphatic hydroxyl groups is 1. The largest absolute Gasteiger partial charge is 0.396 e. The highest BCUT2D eigenvalue weighted by molar-refractivity contribution is 5.38. The third-order valence-electron chi connectivity index (χ3n) is 3.85. The van der Waals surface area contributed by atoms with E-state index >= 15 is 0 Å². The number of hydrogen-bond acceptors (Lipinski definition) is 4. The molecule has 0 aliphatic rings. The summed E-state index contributed by atoms with van der Waals surface area (Å²) in [5.74, 6) is 1.56. The van der Waals surface area contributed by atoms with Crippen LogP contribution in [0.1, 0.15) is 29.4 Å². The predicted molar refractivity (Wildman–Crippen MR) is 95.8 cm³/mol. The molecule has 4 nitrogen and oxygen atoms in total. The molecule has 3 rings (SSSR count). The summed E-state index contributed by atoms with van der Waals surface area (Å²) in [6, 6.07) is 22.2. The molecule has 3 aromatic rings. The zero-order valence-corrected chi connectivity index (χ0v) is 13.5. The molecule has 122 valence electrons. The number of aromatic nitrogens is 2. The lowest BCUT2D eigenvalue weighted by Gasteiger charge is -2.19. The van der Waals surface area contributed by atoms with Gasteiger partial charge in [0, 0.05) is 19.2 Å². The number of hydrogen-bond donors (Lipinski definition) is 2. The number of nitrogens with zero attached hydrogens (tertiary/aromatic N) is 2. The predicted octanol–water partition coefficient (Wildman–Crippen LogP) is 3.60. The topological polar surface area (TPSA) is 58.0 Å². The fourth-order valence-corrected chi connectivity index (χ4v) is 2.66. The summed E-state index contributed by atoms with van der Waals surface area (Å²) >= 11 is 0. The maximum Gasteiger partial charge on any atom is 0.135 e. The van der Waals surface area contributed by atoms with Gasteiger partial charge in [-0.3, -0.25) is 0 Å². The Bertz CT molecular complexity index is 747. The fraction of sp³-hybridized carbons (Fsp3) is 0.200. The van der Waals surface area contributed by atoms with Gasteiger partial charge in [0.25, 0.3) is 0 Å². The molecule has 1 heterocycles. The average molecular weight is 319 g/mol. The molecule has 2 aromatic carbocycles. The van der Waals surface area contributed by atoms with Crippen LogP contribution in [0, 0.1) is 0 Å². The van der Waals surface area contributed by atoms with E-state index < -0.39 is 0 Å². The first-order valence-electron chi connectivity index (χ1n) is 8.13. The van der Waals surface area contributed by atoms with Crippen LogP contribution >= 0.6 is 0 Å². The van der Waals surface area contributed by atoms with E-state index in [-0.39, 0.29) is 12.6 Å². The molecule has 0 spiro atoms. The molecule has 4 heteroatoms. The second-order valence-electron chi connectivity index (χ2n) is 5.64. The van der Waals surface area contributed by atoms with E-state index in [0.717, 1.165) is 17.2 Å². The van der Waals surface area contributed by atoms with Crippen molar-refractivity contribution in [2.24, 2.45) is 0 Å². The monoisotopic (exact) mass is 319 g/mol. The van der Waals surface area contributed by atoms with Crippen molar-refractivity contribution in [2.45, 2.75) is 18.9 Å². The lowest BCUT2D eigenvalue weighted by molar-refractivity contribution is 0.280. The van der Waals surface area contributed by atoms with Crippen LogP contribution in [-0.4, -0.2) is 21.7 Å². The van der Waals surface area contributed by atoms with Gasteiger partial charge in [-0.2, -0.15) is 0 Å². The van der Waals surface area contributed by atoms with Crippen LogP contribution in [0.15, 0.2) is 72.9 Å². The van der Waals surface area contributed by atoms with Gasteiger partial charge < -0.3 is 10.4 Å². The highest BCUT2D eigenvalue weighted by atomic mass is 16.3. The third kappa shape index (κ3) is 4.40. The smallest absolute Gasteiger partial charge is 0.135 e. The highest BCUT2D eigenvalue weighted by Gasteiger charge is 2.11. The molecule has 1 atom stereocenters. The van der Waals surface area contributed by atoms with Crippen molar-refractivity contribution in [3.8, 4) is 0 Å². The minimum atomic E-state index is 0.0238. The van der Waals surface area contributed by atoms with Crippen LogP contribution in [0.3, 0.4) is 0 Å². The Hall–Kier alpha value is -2.72. The summed E-state index contributed by atoms with van der Waals surface area (Å²) in [5, 5.41) is 12.8. The minimum Gasteiger partial charge on any atom is -0.396 e. The van der Waals surface area contributed by atoms with Gasteiger partial charge >= 0.3 is 0 Å². The first kappa shape index (κ1) is 16.1. The summed E-state index contributed by atoms with van der Waals surface area (Å²) in [6.07, 6.45) is 3.10. The molecule has 2 N–H and O–H groups in total. The molecule has 0 saturated carbocycles. The third-order valence-corrected chi connectivity index (χ3v) is 3.85. The second-order valence-corrected chi connectivity index (χ2v) is 5.64. The van der Waals surface area contributed by atoms with Crippen molar-refractivity contribution in [3.63, 3.8) is 0 Å². The van der Waals surface area contributed by atoms with Crippen LogP contribution < -0.4 is 5.32 Å². The van der Waals surface area contributed by atoms with Crippen molar-refractivity contribution in [2.75, 3.05) is 11.9 Å². The summed E-state index contributed by atoms with van der Waals surface area (Å²) in [7, 11) is 0. The van der Waals surface area contributed by atoms with E-state index in [1.54, 1.807) is 6.20 Å². The first-order chi connectivity index (χ1) is 11.8. The maximum atomic E-state index is 9.35. The number of benzene rings is 2. The number of anilines is 1. The lowest BCUT2D eigenvalue weighted by atomic mass is 10.0. The molecule has 0 aliphatic heterocycles. The Morgan fingerprint density at radius 1 is 0.917 bits per heavy atom. The van der Waals surface area contributed by atoms with E-state index in [1.165, 1.54) is 5.56 Å². The molecule has 24 heavy (non-hydrogen) atoms. The maximum absolute atomic E-state index is 9.35. The first-order valence-corrected chi connectivity index (χ1v) is 8.13. The fourth-order valence-electron chi connectivity index (χ4n) is 2.66. The molecule has 0 fully saturated rings. The van der Waals surface area contributed by atoms with E-state index in [1.807, 2.05) is 42.5 Å². The average Bonchev–Trinajstić information content (AvgIpc) is 2.63. The number of aliphatic hydroxyl groups excluding tert-OH is 1. The molecule has 0 saturated heterocycles. The van der Waals surface area contributed by atoms with E-state index in [4.69, 9.17) is 0 Å². The summed E-state index contributed by atoms with van der Waals surface area (Å²) in [5.41, 5.74) is 2.32. The van der Waals surface area contributed by atoms with Crippen molar-refractivity contribution in [3.05, 3.63) is 89.9 Å². The van der Waals surface area contributed by atoms with Crippen LogP contribution in [0.25, 0.3) is 0 Å². The van der Waals surface area contributed by atoms with Crippen LogP contribution in [0.2, 0.25) is 0 Å². The van der Waals surface area contributed by atoms with Crippen LogP contribution in [-0.2, 0) is 6.42 Å². The Morgan fingerprint density at radius 3 is 2.33 bits per heavy atom. The Labute approximate surface area is 142 Å². The normalized spacial score (nSPS) is 11.9. The lowest BCUT2D eigenvalue weighted by Crippen LogP contribution is -2.14. The molecule has 0 amide bonds. The summed E-state index contributed by atoms with van der Waals surface area (Å²) in [4.78, 5) is 8.97. The van der Waals surface area contributed by atoms with E-state index in [9.17, 15) is 5.11 Å². The van der Waals surface area contributed by atoms with Crippen molar-refractivity contribution in [1.82, 2.24) is 9.97 Å². The Kier molecular flexibility index (Phi) is 5.53. The van der Waals surface area contributed by atoms with Gasteiger partial charge in [0.05, 0.1) is 6.04 Å². The van der Waals surface area contributed by atoms with Gasteiger partial charge in [-0.05, 0) is 23.6 Å². The van der Waals surface area contributed by atoms with Gasteiger partial charge in [0.1, 0.15) is 11.6 Å². The summed E-state index contributed by atoms with van der Waals surface area (Å²) < 4.78 is 0. The highest BCUT2D eigenvalue weighted by Crippen LogP contribution is 2.21. The molecule has 1 aromatic heterocycles. The van der Waals surface area contributed by atoms with Gasteiger partial charge in [0.15, 0.2) is 0 Å². The van der Waals surface area contributed by atoms with Crippen molar-refractivity contribution in [1.29, 1.82) is 0 Å². The second kappa shape index (κ2) is 8.22. The minimum absolute atomic E-state index is 0.0238. The van der Waals surface area contributed by atoms with E-state index in [2.05, 4.69) is 39.6 Å². The quantitative estimate of drug-likeness (QED) is 0.698. The van der Waals surface area contributed by atoms with Crippen LogP contribution in [0.4, 0.5) is 5.82 Å². The molecule has 0 aliphatic carbocycles. The Morgan fingerprint density at radius 2 is 1.62 bits per heavy atom. The zero-order valence-electron chi connectivity index (χ0n) is 13.5. The molecular formula is C20H21N3O. The Balaban J connectivity index is 1.75.